The highest BCUT2D eigenvalue weighted by atomic mass is 32.2. The number of sulfonamides is 1. The number of hydrogen-bond acceptors (Lipinski definition) is 5. The molecule has 17 heavy (non-hydrogen) atoms. The predicted octanol–water partition coefficient (Wildman–Crippen LogP) is 0.169. The largest absolute Gasteiger partial charge is 0.480 e. The molecule has 8 heteroatoms. The normalized spacial score (nSPS) is 15.5. The molecule has 0 fully saturated rings. The van der Waals surface area contributed by atoms with Crippen molar-refractivity contribution in [1.29, 1.82) is 0 Å². The zero-order valence-corrected chi connectivity index (χ0v) is 10.9. The van der Waals surface area contributed by atoms with E-state index < -0.39 is 28.1 Å². The summed E-state index contributed by atoms with van der Waals surface area (Å²) in [4.78, 5) is 10.8. The Kier molecular flexibility index (Phi) is 4.26. The molecule has 96 valence electrons. The van der Waals surface area contributed by atoms with Crippen LogP contribution in [0.4, 0.5) is 0 Å². The van der Waals surface area contributed by atoms with Crippen molar-refractivity contribution >= 4 is 27.3 Å². The van der Waals surface area contributed by atoms with Crippen LogP contribution < -0.4 is 4.72 Å². The first-order valence-electron chi connectivity index (χ1n) is 4.72. The summed E-state index contributed by atoms with van der Waals surface area (Å²) in [5.74, 6) is -1.42. The molecule has 0 aliphatic rings. The Morgan fingerprint density at radius 3 is 2.47 bits per heavy atom. The van der Waals surface area contributed by atoms with E-state index in [1.165, 1.54) is 13.0 Å². The van der Waals surface area contributed by atoms with Gasteiger partial charge in [0.25, 0.3) is 10.0 Å². The minimum Gasteiger partial charge on any atom is -0.480 e. The van der Waals surface area contributed by atoms with Crippen molar-refractivity contribution in [3.8, 4) is 0 Å². The fourth-order valence-corrected chi connectivity index (χ4v) is 3.63. The van der Waals surface area contributed by atoms with Crippen molar-refractivity contribution < 1.29 is 23.4 Å². The maximum absolute atomic E-state index is 11.8. The fraction of sp³-hybridized carbons (Fsp3) is 0.444. The Balaban J connectivity index is 2.97. The van der Waals surface area contributed by atoms with Crippen molar-refractivity contribution in [2.24, 2.45) is 0 Å². The first-order valence-corrected chi connectivity index (χ1v) is 7.08. The third-order valence-corrected chi connectivity index (χ3v) is 5.00. The van der Waals surface area contributed by atoms with Crippen LogP contribution in [0, 0.1) is 6.92 Å². The maximum Gasteiger partial charge on any atom is 0.324 e. The van der Waals surface area contributed by atoms with Gasteiger partial charge in [-0.3, -0.25) is 4.79 Å². The lowest BCUT2D eigenvalue weighted by molar-refractivity contribution is -0.141. The molecule has 6 nitrogen and oxygen atoms in total. The van der Waals surface area contributed by atoms with Crippen LogP contribution in [0.3, 0.4) is 0 Å². The van der Waals surface area contributed by atoms with Gasteiger partial charge in [0.05, 0.1) is 6.10 Å². The molecule has 0 spiro atoms. The number of carbonyl (C=O) groups is 1. The summed E-state index contributed by atoms with van der Waals surface area (Å²) in [7, 11) is -3.90. The van der Waals surface area contributed by atoms with E-state index in [1.807, 2.05) is 4.72 Å². The molecule has 2 atom stereocenters. The van der Waals surface area contributed by atoms with E-state index in [4.69, 9.17) is 5.11 Å². The van der Waals surface area contributed by atoms with Gasteiger partial charge >= 0.3 is 5.97 Å². The molecule has 0 aliphatic carbocycles. The van der Waals surface area contributed by atoms with Gasteiger partial charge in [0.2, 0.25) is 0 Å². The summed E-state index contributed by atoms with van der Waals surface area (Å²) < 4.78 is 25.6. The molecular formula is C9H13NO5S2. The van der Waals surface area contributed by atoms with Crippen LogP contribution in [-0.4, -0.2) is 36.7 Å². The summed E-state index contributed by atoms with van der Waals surface area (Å²) >= 11 is 0.997. The van der Waals surface area contributed by atoms with Gasteiger partial charge in [0, 0.05) is 0 Å². The molecule has 0 saturated carbocycles. The number of nitrogens with one attached hydrogen (secondary N) is 1. The van der Waals surface area contributed by atoms with Crippen LogP contribution in [0.2, 0.25) is 0 Å². The zero-order valence-electron chi connectivity index (χ0n) is 9.25. The third kappa shape index (κ3) is 3.50. The Labute approximate surface area is 103 Å². The Hall–Kier alpha value is -0.960. The van der Waals surface area contributed by atoms with Crippen LogP contribution in [0.15, 0.2) is 15.7 Å². The highest BCUT2D eigenvalue weighted by molar-refractivity contribution is 7.91. The van der Waals surface area contributed by atoms with Crippen molar-refractivity contribution in [1.82, 2.24) is 4.72 Å². The number of hydrogen-bond donors (Lipinski definition) is 3. The van der Waals surface area contributed by atoms with Crippen LogP contribution in [-0.2, 0) is 14.8 Å². The summed E-state index contributed by atoms with van der Waals surface area (Å²) in [5.41, 5.74) is 0.777. The zero-order chi connectivity index (χ0) is 13.2. The minimum atomic E-state index is -3.90. The Morgan fingerprint density at radius 2 is 2.12 bits per heavy atom. The smallest absolute Gasteiger partial charge is 0.324 e. The quantitative estimate of drug-likeness (QED) is 0.712. The van der Waals surface area contributed by atoms with Gasteiger partial charge in [-0.25, -0.2) is 8.42 Å². The second kappa shape index (κ2) is 5.13. The lowest BCUT2D eigenvalue weighted by Gasteiger charge is -2.16. The topological polar surface area (TPSA) is 104 Å². The molecule has 1 aromatic heterocycles. The van der Waals surface area contributed by atoms with Gasteiger partial charge in [-0.05, 0) is 30.9 Å². The van der Waals surface area contributed by atoms with Crippen molar-refractivity contribution in [2.45, 2.75) is 30.2 Å². The SMILES string of the molecule is Cc1csc(S(=O)(=O)N[C@H](C(=O)O)[C@H](C)O)c1. The molecule has 0 unspecified atom stereocenters. The Bertz CT molecular complexity index is 505. The van der Waals surface area contributed by atoms with E-state index in [-0.39, 0.29) is 4.21 Å². The average molecular weight is 279 g/mol. The molecule has 3 N–H and O–H groups in total. The van der Waals surface area contributed by atoms with Gasteiger partial charge in [-0.15, -0.1) is 11.3 Å². The highest BCUT2D eigenvalue weighted by Crippen LogP contribution is 2.19. The number of carboxylic acid groups (broad SMARTS) is 1. The van der Waals surface area contributed by atoms with Crippen molar-refractivity contribution in [3.63, 3.8) is 0 Å². The second-order valence-electron chi connectivity index (χ2n) is 3.62. The number of thiophene rings is 1. The molecule has 0 radical (unpaired) electrons. The number of aliphatic hydroxyl groups excluding tert-OH is 1. The van der Waals surface area contributed by atoms with E-state index in [1.54, 1.807) is 12.3 Å². The lowest BCUT2D eigenvalue weighted by atomic mass is 10.2. The van der Waals surface area contributed by atoms with Gasteiger partial charge in [0.1, 0.15) is 10.3 Å². The number of carboxylic acids is 1. The first-order chi connectivity index (χ1) is 7.74. The number of aliphatic hydroxyl groups is 1. The summed E-state index contributed by atoms with van der Waals surface area (Å²) in [6, 6.07) is -0.115. The fourth-order valence-electron chi connectivity index (χ4n) is 1.13. The highest BCUT2D eigenvalue weighted by Gasteiger charge is 2.29. The molecule has 0 bridgehead atoms. The molecule has 0 amide bonds. The van der Waals surface area contributed by atoms with Crippen LogP contribution in [0.5, 0.6) is 0 Å². The summed E-state index contributed by atoms with van der Waals surface area (Å²) in [6.45, 7) is 2.94. The summed E-state index contributed by atoms with van der Waals surface area (Å²) in [5, 5.41) is 19.6. The predicted molar refractivity (Wildman–Crippen MR) is 62.5 cm³/mol. The van der Waals surface area contributed by atoms with Crippen molar-refractivity contribution in [2.75, 3.05) is 0 Å². The van der Waals surface area contributed by atoms with E-state index in [0.29, 0.717) is 0 Å². The van der Waals surface area contributed by atoms with Crippen LogP contribution in [0.25, 0.3) is 0 Å². The maximum atomic E-state index is 11.8. The van der Waals surface area contributed by atoms with Gasteiger partial charge in [0.15, 0.2) is 0 Å². The molecule has 0 saturated heterocycles. The van der Waals surface area contributed by atoms with E-state index in [2.05, 4.69) is 0 Å². The summed E-state index contributed by atoms with van der Waals surface area (Å²) in [6.07, 6.45) is -1.32. The molecule has 1 aromatic rings. The van der Waals surface area contributed by atoms with Gasteiger partial charge in [-0.2, -0.15) is 4.72 Å². The molecule has 1 heterocycles. The third-order valence-electron chi connectivity index (χ3n) is 2.00. The standard InChI is InChI=1S/C9H13NO5S2/c1-5-3-7(16-4-5)17(14,15)10-8(6(2)11)9(12)13/h3-4,6,8,10-11H,1-2H3,(H,12,13)/t6-,8-/m0/s1. The van der Waals surface area contributed by atoms with E-state index in [0.717, 1.165) is 16.9 Å². The van der Waals surface area contributed by atoms with Crippen molar-refractivity contribution in [3.05, 3.63) is 17.0 Å². The second-order valence-corrected chi connectivity index (χ2v) is 6.47. The first kappa shape index (κ1) is 14.1. The van der Waals surface area contributed by atoms with Crippen LogP contribution in [0.1, 0.15) is 12.5 Å². The Morgan fingerprint density at radius 1 is 1.53 bits per heavy atom. The molecule has 0 aromatic carbocycles. The monoisotopic (exact) mass is 279 g/mol. The lowest BCUT2D eigenvalue weighted by Crippen LogP contribution is -2.47. The molecule has 0 aliphatic heterocycles. The van der Waals surface area contributed by atoms with Crippen LogP contribution >= 0.6 is 11.3 Å². The number of rotatable bonds is 5. The minimum absolute atomic E-state index is 0.0295. The average Bonchev–Trinajstić information content (AvgIpc) is 2.61. The van der Waals surface area contributed by atoms with Gasteiger partial charge in [-0.1, -0.05) is 0 Å². The molecule has 1 rings (SSSR count). The van der Waals surface area contributed by atoms with Gasteiger partial charge < -0.3 is 10.2 Å². The molecular weight excluding hydrogens is 266 g/mol. The van der Waals surface area contributed by atoms with E-state index in [9.17, 15) is 18.3 Å². The number of aryl methyl sites for hydroxylation is 1. The van der Waals surface area contributed by atoms with E-state index >= 15 is 0 Å². The number of aliphatic carboxylic acids is 1.